The fraction of sp³-hybridized carbons (Fsp3) is 0.524. The minimum atomic E-state index is 0.0376. The van der Waals surface area contributed by atoms with E-state index in [1.165, 1.54) is 17.7 Å². The van der Waals surface area contributed by atoms with Crippen LogP contribution in [0.1, 0.15) is 51.3 Å². The highest BCUT2D eigenvalue weighted by Gasteiger charge is 2.24. The van der Waals surface area contributed by atoms with Crippen LogP contribution in [0.25, 0.3) is 22.7 Å². The van der Waals surface area contributed by atoms with Crippen LogP contribution in [-0.2, 0) is 17.6 Å². The predicted molar refractivity (Wildman–Crippen MR) is 110 cm³/mol. The number of amides is 1. The summed E-state index contributed by atoms with van der Waals surface area (Å²) in [5.41, 5.74) is 5.61. The first kappa shape index (κ1) is 18.7. The molecule has 3 aromatic heterocycles. The van der Waals surface area contributed by atoms with Crippen molar-refractivity contribution in [3.63, 3.8) is 0 Å². The monoisotopic (exact) mass is 380 g/mol. The summed E-state index contributed by atoms with van der Waals surface area (Å²) in [5, 5.41) is 7.69. The van der Waals surface area contributed by atoms with E-state index in [1.54, 1.807) is 11.1 Å². The normalized spacial score (nSPS) is 16.5. The maximum Gasteiger partial charge on any atom is 0.229 e. The molecule has 0 saturated carbocycles. The Morgan fingerprint density at radius 3 is 2.89 bits per heavy atom. The van der Waals surface area contributed by atoms with Crippen molar-refractivity contribution >= 4 is 22.8 Å². The largest absolute Gasteiger partial charge is 0.335 e. The number of rotatable bonds is 5. The van der Waals surface area contributed by atoms with E-state index in [2.05, 4.69) is 32.1 Å². The lowest BCUT2D eigenvalue weighted by molar-refractivity contribution is -0.122. The molecule has 0 aromatic carbocycles. The van der Waals surface area contributed by atoms with Crippen LogP contribution >= 0.6 is 0 Å². The molecule has 28 heavy (non-hydrogen) atoms. The molecule has 0 spiro atoms. The van der Waals surface area contributed by atoms with Gasteiger partial charge in [-0.3, -0.25) is 9.89 Å². The number of aryl methyl sites for hydroxylation is 1. The molecule has 1 atom stereocenters. The summed E-state index contributed by atoms with van der Waals surface area (Å²) in [6, 6.07) is 1.95. The lowest BCUT2D eigenvalue weighted by atomic mass is 9.88. The molecule has 0 radical (unpaired) electrons. The smallest absolute Gasteiger partial charge is 0.229 e. The Labute approximate surface area is 165 Å². The number of nitrogens with zero attached hydrogens (tertiary/aromatic N) is 4. The Morgan fingerprint density at radius 2 is 2.14 bits per heavy atom. The first-order chi connectivity index (χ1) is 13.5. The molecule has 7 heteroatoms. The molecule has 1 amide bonds. The van der Waals surface area contributed by atoms with E-state index in [9.17, 15) is 4.79 Å². The average Bonchev–Trinajstić information content (AvgIpc) is 3.30. The average molecular weight is 380 g/mol. The zero-order chi connectivity index (χ0) is 19.8. The Bertz CT molecular complexity index is 1000. The SMILES string of the molecule is CCC(CC)C(=O)N(C)c1cnc2nc(-c3n[nH]c4c3CC(C)CC4)[nH]c2c1. The molecule has 0 bridgehead atoms. The number of imidazole rings is 1. The first-order valence-electron chi connectivity index (χ1n) is 10.2. The van der Waals surface area contributed by atoms with Crippen LogP contribution in [0.5, 0.6) is 0 Å². The van der Waals surface area contributed by atoms with E-state index >= 15 is 0 Å². The lowest BCUT2D eigenvalue weighted by Crippen LogP contribution is -2.32. The minimum Gasteiger partial charge on any atom is -0.335 e. The van der Waals surface area contributed by atoms with Gasteiger partial charge in [-0.2, -0.15) is 5.10 Å². The van der Waals surface area contributed by atoms with Gasteiger partial charge in [0.05, 0.1) is 17.4 Å². The highest BCUT2D eigenvalue weighted by Crippen LogP contribution is 2.31. The number of anilines is 1. The minimum absolute atomic E-state index is 0.0376. The van der Waals surface area contributed by atoms with Crippen LogP contribution < -0.4 is 4.90 Å². The maximum absolute atomic E-state index is 12.7. The van der Waals surface area contributed by atoms with Crippen LogP contribution in [0.4, 0.5) is 5.69 Å². The van der Waals surface area contributed by atoms with Gasteiger partial charge < -0.3 is 9.88 Å². The van der Waals surface area contributed by atoms with Crippen LogP contribution in [0.3, 0.4) is 0 Å². The van der Waals surface area contributed by atoms with E-state index in [-0.39, 0.29) is 11.8 Å². The van der Waals surface area contributed by atoms with Crippen molar-refractivity contribution < 1.29 is 4.79 Å². The maximum atomic E-state index is 12.7. The number of hydrogen-bond donors (Lipinski definition) is 2. The van der Waals surface area contributed by atoms with Crippen molar-refractivity contribution in [2.45, 2.75) is 52.9 Å². The van der Waals surface area contributed by atoms with Crippen molar-refractivity contribution in [3.05, 3.63) is 23.5 Å². The van der Waals surface area contributed by atoms with E-state index in [1.807, 2.05) is 27.0 Å². The number of aromatic nitrogens is 5. The van der Waals surface area contributed by atoms with Crippen molar-refractivity contribution in [2.75, 3.05) is 11.9 Å². The molecule has 0 fully saturated rings. The summed E-state index contributed by atoms with van der Waals surface area (Å²) >= 11 is 0. The van der Waals surface area contributed by atoms with Gasteiger partial charge in [0, 0.05) is 24.2 Å². The second-order valence-electron chi connectivity index (χ2n) is 7.94. The van der Waals surface area contributed by atoms with E-state index < -0.39 is 0 Å². The van der Waals surface area contributed by atoms with Crippen molar-refractivity contribution in [1.29, 1.82) is 0 Å². The zero-order valence-corrected chi connectivity index (χ0v) is 17.0. The van der Waals surface area contributed by atoms with E-state index in [4.69, 9.17) is 0 Å². The Morgan fingerprint density at radius 1 is 1.36 bits per heavy atom. The van der Waals surface area contributed by atoms with Crippen LogP contribution in [0.2, 0.25) is 0 Å². The summed E-state index contributed by atoms with van der Waals surface area (Å²) in [7, 11) is 1.81. The van der Waals surface area contributed by atoms with Crippen molar-refractivity contribution in [3.8, 4) is 11.5 Å². The van der Waals surface area contributed by atoms with Gasteiger partial charge in [-0.25, -0.2) is 9.97 Å². The molecular formula is C21H28N6O. The van der Waals surface area contributed by atoms with Gasteiger partial charge in [-0.05, 0) is 44.1 Å². The Hall–Kier alpha value is -2.70. The summed E-state index contributed by atoms with van der Waals surface area (Å²) < 4.78 is 0. The second-order valence-corrected chi connectivity index (χ2v) is 7.94. The van der Waals surface area contributed by atoms with Gasteiger partial charge in [0.15, 0.2) is 11.5 Å². The molecule has 148 valence electrons. The molecular weight excluding hydrogens is 352 g/mol. The fourth-order valence-electron chi connectivity index (χ4n) is 4.09. The summed E-state index contributed by atoms with van der Waals surface area (Å²) in [4.78, 5) is 26.9. The molecule has 2 N–H and O–H groups in total. The third-order valence-electron chi connectivity index (χ3n) is 5.99. The molecule has 3 heterocycles. The Kier molecular flexibility index (Phi) is 4.91. The molecule has 4 rings (SSSR count). The molecule has 1 unspecified atom stereocenters. The summed E-state index contributed by atoms with van der Waals surface area (Å²) in [5.74, 6) is 1.56. The molecule has 7 nitrogen and oxygen atoms in total. The first-order valence-corrected chi connectivity index (χ1v) is 10.2. The van der Waals surface area contributed by atoms with Gasteiger partial charge >= 0.3 is 0 Å². The molecule has 1 aliphatic carbocycles. The third-order valence-corrected chi connectivity index (χ3v) is 5.99. The van der Waals surface area contributed by atoms with Crippen LogP contribution in [0, 0.1) is 11.8 Å². The number of fused-ring (bicyclic) bond motifs is 2. The zero-order valence-electron chi connectivity index (χ0n) is 17.0. The predicted octanol–water partition coefficient (Wildman–Crippen LogP) is 3.87. The second kappa shape index (κ2) is 7.37. The highest BCUT2D eigenvalue weighted by atomic mass is 16.2. The molecule has 3 aromatic rings. The van der Waals surface area contributed by atoms with E-state index in [0.717, 1.165) is 48.4 Å². The number of carbonyl (C=O) groups excluding carboxylic acids is 1. The third kappa shape index (κ3) is 3.19. The van der Waals surface area contributed by atoms with Crippen LogP contribution in [-0.4, -0.2) is 38.1 Å². The lowest BCUT2D eigenvalue weighted by Gasteiger charge is -2.21. The number of aromatic amines is 2. The topological polar surface area (TPSA) is 90.6 Å². The number of carbonyl (C=O) groups is 1. The number of H-pyrrole nitrogens is 2. The fourth-order valence-corrected chi connectivity index (χ4v) is 4.09. The molecule has 0 aliphatic heterocycles. The van der Waals surface area contributed by atoms with Gasteiger partial charge in [-0.15, -0.1) is 0 Å². The molecule has 0 saturated heterocycles. The van der Waals surface area contributed by atoms with Gasteiger partial charge in [-0.1, -0.05) is 20.8 Å². The summed E-state index contributed by atoms with van der Waals surface area (Å²) in [6.45, 7) is 6.38. The quantitative estimate of drug-likeness (QED) is 0.703. The van der Waals surface area contributed by atoms with Gasteiger partial charge in [0.25, 0.3) is 0 Å². The van der Waals surface area contributed by atoms with Gasteiger partial charge in [0.1, 0.15) is 5.69 Å². The highest BCUT2D eigenvalue weighted by molar-refractivity contribution is 5.95. The van der Waals surface area contributed by atoms with Crippen molar-refractivity contribution in [1.82, 2.24) is 25.1 Å². The number of hydrogen-bond acceptors (Lipinski definition) is 4. The number of pyridine rings is 1. The standard InChI is InChI=1S/C21H28N6O/c1-5-13(6-2)21(28)27(4)14-10-17-19(22-11-14)24-20(23-17)18-15-9-12(3)7-8-16(15)25-26-18/h10-13H,5-9H2,1-4H3,(H,25,26)(H,22,23,24). The van der Waals surface area contributed by atoms with Crippen LogP contribution in [0.15, 0.2) is 12.3 Å². The van der Waals surface area contributed by atoms with Gasteiger partial charge in [0.2, 0.25) is 5.91 Å². The van der Waals surface area contributed by atoms with E-state index in [0.29, 0.717) is 11.6 Å². The Balaban J connectivity index is 1.66. The summed E-state index contributed by atoms with van der Waals surface area (Å²) in [6.07, 6.45) is 6.64. The molecule has 1 aliphatic rings. The number of nitrogens with one attached hydrogen (secondary N) is 2. The van der Waals surface area contributed by atoms with Crippen molar-refractivity contribution in [2.24, 2.45) is 11.8 Å².